The number of nitrogens with one attached hydrogen (secondary N) is 1. The number of rotatable bonds is 4. The van der Waals surface area contributed by atoms with Gasteiger partial charge in [-0.05, 0) is 43.1 Å². The molecule has 86 valence electrons. The highest BCUT2D eigenvalue weighted by Gasteiger charge is 2.17. The maximum Gasteiger partial charge on any atom is 0.137 e. The fraction of sp³-hybridized carbons (Fsp3) is 0.462. The summed E-state index contributed by atoms with van der Waals surface area (Å²) in [5.74, 6) is 1.06. The average molecular weight is 219 g/mol. The van der Waals surface area contributed by atoms with Crippen molar-refractivity contribution in [3.63, 3.8) is 0 Å². The second-order valence-corrected chi connectivity index (χ2v) is 4.44. The number of carbonyl (C=O) groups excluding carboxylic acids is 1. The van der Waals surface area contributed by atoms with E-state index in [4.69, 9.17) is 5.11 Å². The quantitative estimate of drug-likeness (QED) is 0.807. The lowest BCUT2D eigenvalue weighted by atomic mass is 9.98. The maximum atomic E-state index is 11.8. The van der Waals surface area contributed by atoms with Crippen LogP contribution in [-0.2, 0) is 11.2 Å². The van der Waals surface area contributed by atoms with E-state index in [1.807, 2.05) is 0 Å². The standard InChI is InChI=1S/C13H17NO2/c15-12-3-1-10(2-4-12)7-13(16)8-11-5-6-14-9-11/h1-4,11,14-15H,5-9H2. The SMILES string of the molecule is O=C(Cc1ccc(O)cc1)CC1CCNC1. The first-order valence-electron chi connectivity index (χ1n) is 5.74. The van der Waals surface area contributed by atoms with Crippen molar-refractivity contribution in [2.45, 2.75) is 19.3 Å². The fourth-order valence-electron chi connectivity index (χ4n) is 2.12. The van der Waals surface area contributed by atoms with Gasteiger partial charge in [-0.25, -0.2) is 0 Å². The van der Waals surface area contributed by atoms with Crippen LogP contribution < -0.4 is 5.32 Å². The topological polar surface area (TPSA) is 49.3 Å². The first-order chi connectivity index (χ1) is 7.74. The van der Waals surface area contributed by atoms with Gasteiger partial charge < -0.3 is 10.4 Å². The van der Waals surface area contributed by atoms with Gasteiger partial charge in [0.15, 0.2) is 0 Å². The summed E-state index contributed by atoms with van der Waals surface area (Å²) in [7, 11) is 0. The molecule has 16 heavy (non-hydrogen) atoms. The Morgan fingerprint density at radius 1 is 1.38 bits per heavy atom. The molecule has 3 nitrogen and oxygen atoms in total. The van der Waals surface area contributed by atoms with Gasteiger partial charge in [0.1, 0.15) is 11.5 Å². The van der Waals surface area contributed by atoms with E-state index in [9.17, 15) is 4.79 Å². The van der Waals surface area contributed by atoms with Gasteiger partial charge >= 0.3 is 0 Å². The van der Waals surface area contributed by atoms with Gasteiger partial charge in [0, 0.05) is 12.8 Å². The number of Topliss-reactive ketones (excluding diaryl/α,β-unsaturated/α-hetero) is 1. The van der Waals surface area contributed by atoms with E-state index in [0.29, 0.717) is 24.5 Å². The normalized spacial score (nSPS) is 19.9. The number of hydrogen-bond acceptors (Lipinski definition) is 3. The largest absolute Gasteiger partial charge is 0.508 e. The zero-order valence-corrected chi connectivity index (χ0v) is 9.28. The average Bonchev–Trinajstić information content (AvgIpc) is 2.74. The Balaban J connectivity index is 1.84. The Bertz CT molecular complexity index is 353. The van der Waals surface area contributed by atoms with Crippen LogP contribution in [-0.4, -0.2) is 24.0 Å². The van der Waals surface area contributed by atoms with Gasteiger partial charge in [-0.1, -0.05) is 12.1 Å². The summed E-state index contributed by atoms with van der Waals surface area (Å²) < 4.78 is 0. The van der Waals surface area contributed by atoms with E-state index in [0.717, 1.165) is 25.1 Å². The molecule has 2 rings (SSSR count). The van der Waals surface area contributed by atoms with Crippen molar-refractivity contribution in [1.82, 2.24) is 5.32 Å². The van der Waals surface area contributed by atoms with Crippen molar-refractivity contribution in [1.29, 1.82) is 0 Å². The number of benzene rings is 1. The molecule has 0 bridgehead atoms. The molecule has 1 aliphatic rings. The molecule has 0 saturated carbocycles. The van der Waals surface area contributed by atoms with Crippen LogP contribution in [0.4, 0.5) is 0 Å². The molecule has 3 heteroatoms. The van der Waals surface area contributed by atoms with E-state index in [-0.39, 0.29) is 5.75 Å². The summed E-state index contributed by atoms with van der Waals surface area (Å²) in [6.07, 6.45) is 2.27. The van der Waals surface area contributed by atoms with Gasteiger partial charge in [0.25, 0.3) is 0 Å². The number of ketones is 1. The zero-order valence-electron chi connectivity index (χ0n) is 9.28. The van der Waals surface area contributed by atoms with Crippen molar-refractivity contribution in [3.8, 4) is 5.75 Å². The third-order valence-corrected chi connectivity index (χ3v) is 3.02. The first-order valence-corrected chi connectivity index (χ1v) is 5.74. The van der Waals surface area contributed by atoms with Crippen LogP contribution in [0.3, 0.4) is 0 Å². The molecule has 1 unspecified atom stereocenters. The minimum Gasteiger partial charge on any atom is -0.508 e. The summed E-state index contributed by atoms with van der Waals surface area (Å²) in [6, 6.07) is 6.86. The lowest BCUT2D eigenvalue weighted by molar-refractivity contribution is -0.119. The highest BCUT2D eigenvalue weighted by Crippen LogP contribution is 2.15. The predicted molar refractivity (Wildman–Crippen MR) is 62.4 cm³/mol. The molecule has 0 radical (unpaired) electrons. The van der Waals surface area contributed by atoms with E-state index >= 15 is 0 Å². The molecule has 0 spiro atoms. The van der Waals surface area contributed by atoms with Crippen LogP contribution >= 0.6 is 0 Å². The molecule has 1 atom stereocenters. The van der Waals surface area contributed by atoms with E-state index in [1.54, 1.807) is 24.3 Å². The van der Waals surface area contributed by atoms with Gasteiger partial charge in [-0.15, -0.1) is 0 Å². The van der Waals surface area contributed by atoms with Gasteiger partial charge in [0.2, 0.25) is 0 Å². The molecule has 0 aromatic heterocycles. The molecular formula is C13H17NO2. The molecule has 1 aliphatic heterocycles. The van der Waals surface area contributed by atoms with Crippen molar-refractivity contribution in [2.24, 2.45) is 5.92 Å². The summed E-state index contributed by atoms with van der Waals surface area (Å²) in [5, 5.41) is 12.4. The third-order valence-electron chi connectivity index (χ3n) is 3.02. The first kappa shape index (κ1) is 11.1. The summed E-state index contributed by atoms with van der Waals surface area (Å²) in [4.78, 5) is 11.8. The van der Waals surface area contributed by atoms with Crippen molar-refractivity contribution in [2.75, 3.05) is 13.1 Å². The fourth-order valence-corrected chi connectivity index (χ4v) is 2.12. The number of carbonyl (C=O) groups is 1. The minimum absolute atomic E-state index is 0.246. The summed E-state index contributed by atoms with van der Waals surface area (Å²) in [6.45, 7) is 2.01. The van der Waals surface area contributed by atoms with Crippen molar-refractivity contribution >= 4 is 5.78 Å². The van der Waals surface area contributed by atoms with Gasteiger partial charge in [-0.2, -0.15) is 0 Å². The van der Waals surface area contributed by atoms with Crippen LogP contribution in [0.2, 0.25) is 0 Å². The molecule has 1 saturated heterocycles. The van der Waals surface area contributed by atoms with Crippen LogP contribution in [0.1, 0.15) is 18.4 Å². The molecule has 2 N–H and O–H groups in total. The third kappa shape index (κ3) is 3.07. The Morgan fingerprint density at radius 3 is 2.75 bits per heavy atom. The van der Waals surface area contributed by atoms with E-state index in [2.05, 4.69) is 5.32 Å². The number of phenolic OH excluding ortho intramolecular Hbond substituents is 1. The highest BCUT2D eigenvalue weighted by molar-refractivity contribution is 5.81. The van der Waals surface area contributed by atoms with Crippen LogP contribution in [0.5, 0.6) is 5.75 Å². The Hall–Kier alpha value is -1.35. The lowest BCUT2D eigenvalue weighted by Crippen LogP contribution is -2.14. The summed E-state index contributed by atoms with van der Waals surface area (Å²) >= 11 is 0. The van der Waals surface area contributed by atoms with E-state index in [1.165, 1.54) is 0 Å². The second-order valence-electron chi connectivity index (χ2n) is 4.44. The van der Waals surface area contributed by atoms with Crippen molar-refractivity contribution in [3.05, 3.63) is 29.8 Å². The number of hydrogen-bond donors (Lipinski definition) is 2. The molecule has 0 amide bonds. The molecule has 0 aliphatic carbocycles. The molecule has 1 heterocycles. The molecule has 1 fully saturated rings. The van der Waals surface area contributed by atoms with Crippen LogP contribution in [0.15, 0.2) is 24.3 Å². The van der Waals surface area contributed by atoms with Crippen LogP contribution in [0.25, 0.3) is 0 Å². The monoisotopic (exact) mass is 219 g/mol. The molecular weight excluding hydrogens is 202 g/mol. The number of aromatic hydroxyl groups is 1. The number of phenols is 1. The zero-order chi connectivity index (χ0) is 11.4. The summed E-state index contributed by atoms with van der Waals surface area (Å²) in [5.41, 5.74) is 0.980. The lowest BCUT2D eigenvalue weighted by Gasteiger charge is -2.07. The van der Waals surface area contributed by atoms with Crippen LogP contribution in [0, 0.1) is 5.92 Å². The van der Waals surface area contributed by atoms with Gasteiger partial charge in [-0.3, -0.25) is 4.79 Å². The molecule has 1 aromatic rings. The van der Waals surface area contributed by atoms with Gasteiger partial charge in [0.05, 0.1) is 0 Å². The minimum atomic E-state index is 0.246. The predicted octanol–water partition coefficient (Wildman–Crippen LogP) is 1.50. The maximum absolute atomic E-state index is 11.8. The Labute approximate surface area is 95.5 Å². The second kappa shape index (κ2) is 5.12. The smallest absolute Gasteiger partial charge is 0.137 e. The Kier molecular flexibility index (Phi) is 3.57. The van der Waals surface area contributed by atoms with E-state index < -0.39 is 0 Å². The molecule has 1 aromatic carbocycles. The highest BCUT2D eigenvalue weighted by atomic mass is 16.3. The van der Waals surface area contributed by atoms with Crippen molar-refractivity contribution < 1.29 is 9.90 Å². The Morgan fingerprint density at radius 2 is 2.12 bits per heavy atom.